The van der Waals surface area contributed by atoms with E-state index in [1.165, 1.54) is 16.2 Å². The van der Waals surface area contributed by atoms with E-state index in [9.17, 15) is 28.8 Å². The second kappa shape index (κ2) is 21.2. The maximum atomic E-state index is 14.8. The number of carbonyl (C=O) groups is 6. The summed E-state index contributed by atoms with van der Waals surface area (Å²) in [5, 5.41) is 20.7. The minimum absolute atomic E-state index is 0.0822. The molecular formula is C47H65N9O6S. The second-order valence-corrected chi connectivity index (χ2v) is 20.1. The molecule has 3 heterocycles. The molecule has 340 valence electrons. The van der Waals surface area contributed by atoms with Crippen LogP contribution in [-0.4, -0.2) is 94.5 Å². The molecule has 0 saturated carbocycles. The first-order chi connectivity index (χ1) is 29.7. The van der Waals surface area contributed by atoms with E-state index in [0.29, 0.717) is 24.5 Å². The van der Waals surface area contributed by atoms with Crippen LogP contribution >= 0.6 is 11.3 Å². The lowest BCUT2D eigenvalue weighted by Crippen LogP contribution is -2.64. The van der Waals surface area contributed by atoms with Crippen molar-refractivity contribution in [2.45, 2.75) is 124 Å². The van der Waals surface area contributed by atoms with Gasteiger partial charge in [-0.1, -0.05) is 123 Å². The van der Waals surface area contributed by atoms with Crippen LogP contribution < -0.4 is 31.9 Å². The molecule has 2 aliphatic heterocycles. The largest absolute Gasteiger partial charge is 0.360 e. The first kappa shape index (κ1) is 48.4. The summed E-state index contributed by atoms with van der Waals surface area (Å²) in [4.78, 5) is 95.1. The molecule has 0 aliphatic carbocycles. The summed E-state index contributed by atoms with van der Waals surface area (Å²) in [5.74, 6) is -2.66. The van der Waals surface area contributed by atoms with Crippen molar-refractivity contribution >= 4 is 52.6 Å². The van der Waals surface area contributed by atoms with Crippen molar-refractivity contribution in [3.8, 4) is 0 Å². The molecule has 2 aromatic carbocycles. The predicted octanol–water partition coefficient (Wildman–Crippen LogP) is 4.06. The molecule has 3 aromatic rings. The van der Waals surface area contributed by atoms with E-state index in [-0.39, 0.29) is 54.8 Å². The standard InChI is InChI=1S/C47H65N9O6S/c1-28(2)36-42(60)55-38(46(4,5)6)40(50-27-35(58)56-22-20-29(3)37(56)43(61)53-36)54-39(47(7,8)9)44(62)51-32(24-30-16-12-10-13-17-30)41(59)52-33(45-48-21-23-63-45)25-34(57)49-26-31-18-14-11-15-19-31/h10-19,21,23,28-29,32-33,36-39H,20,22,24-27H2,1-9H3,(H,49,57)(H,50,54)(H,51,62)(H,52,59)(H,53,61)(H,55,60)/t29-,32+,33+,36+,37+,38-,39+/m1/s1. The van der Waals surface area contributed by atoms with Gasteiger partial charge in [-0.3, -0.25) is 33.8 Å². The summed E-state index contributed by atoms with van der Waals surface area (Å²) in [6, 6.07) is 13.4. The number of nitrogens with zero attached hydrogens (tertiary/aromatic N) is 3. The van der Waals surface area contributed by atoms with E-state index < -0.39 is 64.8 Å². The van der Waals surface area contributed by atoms with Crippen molar-refractivity contribution in [2.75, 3.05) is 13.1 Å². The molecule has 0 radical (unpaired) electrons. The third kappa shape index (κ3) is 13.2. The van der Waals surface area contributed by atoms with Gasteiger partial charge in [0.05, 0.1) is 18.5 Å². The number of benzene rings is 2. The molecule has 2 aliphatic rings. The van der Waals surface area contributed by atoms with Gasteiger partial charge in [0.1, 0.15) is 41.6 Å². The van der Waals surface area contributed by atoms with E-state index in [0.717, 1.165) is 11.1 Å². The molecule has 5 rings (SSSR count). The van der Waals surface area contributed by atoms with Crippen molar-refractivity contribution in [3.05, 3.63) is 88.4 Å². The SMILES string of the molecule is CC(C)[C@@H]1NC(=O)[C@@H]2[C@H](C)CCN2C(=O)CN=C(N[C@@H](C(=O)N[C@@H](Cc2ccccc2)C(=O)N[C@@H](CC(=O)NCc2ccccc2)c2nccs2)C(C)(C)C)[C@H](C(C)(C)C)NC1=O. The van der Waals surface area contributed by atoms with Crippen LogP contribution in [-0.2, 0) is 41.7 Å². The van der Waals surface area contributed by atoms with Gasteiger partial charge in [0, 0.05) is 31.1 Å². The lowest BCUT2D eigenvalue weighted by molar-refractivity contribution is -0.140. The normalized spacial score (nSPS) is 21.3. The fourth-order valence-corrected chi connectivity index (χ4v) is 8.55. The molecule has 0 bridgehead atoms. The molecular weight excluding hydrogens is 819 g/mol. The maximum absolute atomic E-state index is 14.8. The van der Waals surface area contributed by atoms with E-state index in [2.05, 4.69) is 36.9 Å². The average Bonchev–Trinajstić information content (AvgIpc) is 3.90. The van der Waals surface area contributed by atoms with Crippen LogP contribution in [0.3, 0.4) is 0 Å². The number of aliphatic imine (C=N–C) groups is 1. The Labute approximate surface area is 375 Å². The number of aromatic nitrogens is 1. The number of hydrogen-bond acceptors (Lipinski definition) is 10. The lowest BCUT2D eigenvalue weighted by atomic mass is 9.82. The second-order valence-electron chi connectivity index (χ2n) is 19.1. The highest BCUT2D eigenvalue weighted by atomic mass is 32.1. The van der Waals surface area contributed by atoms with Gasteiger partial charge in [-0.25, -0.2) is 4.98 Å². The highest BCUT2D eigenvalue weighted by Crippen LogP contribution is 2.28. The van der Waals surface area contributed by atoms with Crippen molar-refractivity contribution in [1.82, 2.24) is 41.8 Å². The van der Waals surface area contributed by atoms with Crippen LogP contribution in [0.5, 0.6) is 0 Å². The zero-order valence-corrected chi connectivity index (χ0v) is 38.8. The van der Waals surface area contributed by atoms with Gasteiger partial charge in [0.15, 0.2) is 0 Å². The molecule has 63 heavy (non-hydrogen) atoms. The Kier molecular flexibility index (Phi) is 16.2. The first-order valence-electron chi connectivity index (χ1n) is 21.8. The number of fused-ring (bicyclic) bond motifs is 1. The molecule has 0 spiro atoms. The number of amidine groups is 1. The maximum Gasteiger partial charge on any atom is 0.244 e. The smallest absolute Gasteiger partial charge is 0.244 e. The molecule has 1 aromatic heterocycles. The van der Waals surface area contributed by atoms with E-state index in [1.807, 2.05) is 123 Å². The summed E-state index contributed by atoms with van der Waals surface area (Å²) in [6.45, 7) is 17.3. The Balaban J connectivity index is 1.46. The Bertz CT molecular complexity index is 2080. The minimum Gasteiger partial charge on any atom is -0.360 e. The third-order valence-corrected chi connectivity index (χ3v) is 12.4. The van der Waals surface area contributed by atoms with Crippen LogP contribution in [0.25, 0.3) is 0 Å². The van der Waals surface area contributed by atoms with Gasteiger partial charge in [-0.2, -0.15) is 0 Å². The Hall–Kier alpha value is -5.64. The van der Waals surface area contributed by atoms with E-state index >= 15 is 0 Å². The van der Waals surface area contributed by atoms with Gasteiger partial charge in [0.2, 0.25) is 35.4 Å². The van der Waals surface area contributed by atoms with Crippen LogP contribution in [0, 0.1) is 22.7 Å². The van der Waals surface area contributed by atoms with Crippen LogP contribution in [0.4, 0.5) is 0 Å². The number of rotatable bonds is 13. The number of amides is 6. The molecule has 7 atom stereocenters. The lowest BCUT2D eigenvalue weighted by Gasteiger charge is -2.39. The monoisotopic (exact) mass is 883 g/mol. The number of carbonyl (C=O) groups excluding carboxylic acids is 6. The number of nitrogens with one attached hydrogen (secondary N) is 6. The van der Waals surface area contributed by atoms with Gasteiger partial charge in [0.25, 0.3) is 0 Å². The van der Waals surface area contributed by atoms with Crippen LogP contribution in [0.15, 0.2) is 77.2 Å². The Morgan fingerprint density at radius 2 is 1.52 bits per heavy atom. The zero-order valence-electron chi connectivity index (χ0n) is 38.0. The summed E-state index contributed by atoms with van der Waals surface area (Å²) < 4.78 is 0. The average molecular weight is 884 g/mol. The molecule has 6 amide bonds. The molecule has 6 N–H and O–H groups in total. The van der Waals surface area contributed by atoms with Crippen LogP contribution in [0.2, 0.25) is 0 Å². The number of hydrogen-bond donors (Lipinski definition) is 6. The van der Waals surface area contributed by atoms with Gasteiger partial charge in [-0.05, 0) is 40.2 Å². The Morgan fingerprint density at radius 1 is 0.873 bits per heavy atom. The van der Waals surface area contributed by atoms with Crippen LogP contribution in [0.1, 0.15) is 97.3 Å². The summed E-state index contributed by atoms with van der Waals surface area (Å²) >= 11 is 1.31. The summed E-state index contributed by atoms with van der Waals surface area (Å²) in [6.07, 6.45) is 2.28. The topological polar surface area (TPSA) is 203 Å². The molecule has 1 fully saturated rings. The van der Waals surface area contributed by atoms with Crippen molar-refractivity contribution in [1.29, 1.82) is 0 Å². The van der Waals surface area contributed by atoms with Gasteiger partial charge < -0.3 is 36.8 Å². The highest BCUT2D eigenvalue weighted by Gasteiger charge is 2.44. The van der Waals surface area contributed by atoms with E-state index in [4.69, 9.17) is 4.99 Å². The Morgan fingerprint density at radius 3 is 2.11 bits per heavy atom. The van der Waals surface area contributed by atoms with Gasteiger partial charge >= 0.3 is 0 Å². The third-order valence-electron chi connectivity index (χ3n) is 11.5. The van der Waals surface area contributed by atoms with E-state index in [1.54, 1.807) is 11.6 Å². The molecule has 0 unspecified atom stereocenters. The van der Waals surface area contributed by atoms with Crippen molar-refractivity contribution in [3.63, 3.8) is 0 Å². The van der Waals surface area contributed by atoms with Crippen molar-refractivity contribution < 1.29 is 28.8 Å². The fourth-order valence-electron chi connectivity index (χ4n) is 7.86. The summed E-state index contributed by atoms with van der Waals surface area (Å²) in [7, 11) is 0. The van der Waals surface area contributed by atoms with Crippen molar-refractivity contribution in [2.24, 2.45) is 27.7 Å². The summed E-state index contributed by atoms with van der Waals surface area (Å²) in [5.41, 5.74) is 0.230. The molecule has 16 heteroatoms. The zero-order chi connectivity index (χ0) is 46.1. The quantitative estimate of drug-likeness (QED) is 0.148. The molecule has 1 saturated heterocycles. The van der Waals surface area contributed by atoms with Gasteiger partial charge in [-0.15, -0.1) is 11.3 Å². The number of thiazole rings is 1. The fraction of sp³-hybridized carbons (Fsp3) is 0.532. The minimum atomic E-state index is -1.09. The highest BCUT2D eigenvalue weighted by molar-refractivity contribution is 7.09. The molecule has 15 nitrogen and oxygen atoms in total. The predicted molar refractivity (Wildman–Crippen MR) is 244 cm³/mol. The first-order valence-corrected chi connectivity index (χ1v) is 22.7.